The summed E-state index contributed by atoms with van der Waals surface area (Å²) in [5.74, 6) is -0.612. The first-order chi connectivity index (χ1) is 11.5. The Morgan fingerprint density at radius 1 is 1.00 bits per heavy atom. The molecule has 1 heterocycles. The van der Waals surface area contributed by atoms with Crippen LogP contribution in [0.3, 0.4) is 0 Å². The van der Waals surface area contributed by atoms with Gasteiger partial charge in [-0.05, 0) is 25.1 Å². The third kappa shape index (κ3) is 4.88. The maximum absolute atomic E-state index is 12.9. The maximum atomic E-state index is 12.9. The molecule has 1 aromatic heterocycles. The summed E-state index contributed by atoms with van der Waals surface area (Å²) in [4.78, 5) is 7.12. The van der Waals surface area contributed by atoms with Crippen LogP contribution in [-0.2, 0) is 12.4 Å². The monoisotopic (exact) mass is 384 g/mol. The number of anilines is 3. The van der Waals surface area contributed by atoms with Crippen LogP contribution in [0.2, 0.25) is 5.02 Å². The zero-order valence-corrected chi connectivity index (χ0v) is 13.3. The maximum Gasteiger partial charge on any atom is 0.433 e. The Hall–Kier alpha value is -2.23. The fourth-order valence-corrected chi connectivity index (χ4v) is 2.09. The van der Waals surface area contributed by atoms with Gasteiger partial charge in [0.25, 0.3) is 0 Å². The van der Waals surface area contributed by atoms with E-state index in [1.54, 1.807) is 6.92 Å². The topological polar surface area (TPSA) is 49.8 Å². The first-order valence-corrected chi connectivity index (χ1v) is 7.22. The molecule has 0 fully saturated rings. The Labute approximate surface area is 143 Å². The standard InChI is InChI=1S/C14H11ClF6N4/c1-2-22-12-24-10(14(19,20)21)6-11(25-12)23-7-3-4-9(15)8(5-7)13(16,17)18/h3-6H,2H2,1H3,(H2,22,23,24,25). The van der Waals surface area contributed by atoms with Crippen LogP contribution in [0.5, 0.6) is 0 Å². The summed E-state index contributed by atoms with van der Waals surface area (Å²) in [5, 5.41) is 4.41. The van der Waals surface area contributed by atoms with E-state index in [0.29, 0.717) is 12.1 Å². The molecule has 0 aliphatic rings. The molecule has 2 rings (SSSR count). The van der Waals surface area contributed by atoms with Crippen LogP contribution >= 0.6 is 11.6 Å². The predicted octanol–water partition coefficient (Wildman–Crippen LogP) is 5.34. The first kappa shape index (κ1) is 19.1. The largest absolute Gasteiger partial charge is 0.433 e. The van der Waals surface area contributed by atoms with E-state index in [-0.39, 0.29) is 24.0 Å². The molecule has 11 heteroatoms. The fraction of sp³-hybridized carbons (Fsp3) is 0.286. The highest BCUT2D eigenvalue weighted by molar-refractivity contribution is 6.31. The molecule has 0 saturated carbocycles. The molecule has 25 heavy (non-hydrogen) atoms. The molecule has 0 atom stereocenters. The molecule has 0 amide bonds. The van der Waals surface area contributed by atoms with Crippen molar-refractivity contribution < 1.29 is 26.3 Å². The number of hydrogen-bond donors (Lipinski definition) is 2. The first-order valence-electron chi connectivity index (χ1n) is 6.84. The van der Waals surface area contributed by atoms with Crippen LogP contribution in [0.1, 0.15) is 18.2 Å². The lowest BCUT2D eigenvalue weighted by atomic mass is 10.2. The summed E-state index contributed by atoms with van der Waals surface area (Å²) in [5.41, 5.74) is -2.46. The zero-order chi connectivity index (χ0) is 18.8. The Balaban J connectivity index is 2.41. The minimum absolute atomic E-state index is 0.119. The highest BCUT2D eigenvalue weighted by atomic mass is 35.5. The summed E-state index contributed by atoms with van der Waals surface area (Å²) >= 11 is 5.50. The number of nitrogens with one attached hydrogen (secondary N) is 2. The minimum atomic E-state index is -4.74. The van der Waals surface area contributed by atoms with Gasteiger partial charge >= 0.3 is 12.4 Å². The zero-order valence-electron chi connectivity index (χ0n) is 12.6. The molecule has 2 N–H and O–H groups in total. The van der Waals surface area contributed by atoms with Gasteiger partial charge in [0, 0.05) is 18.3 Å². The van der Waals surface area contributed by atoms with Gasteiger partial charge in [0.1, 0.15) is 5.82 Å². The number of halogens is 7. The molecule has 0 aliphatic heterocycles. The molecule has 136 valence electrons. The van der Waals surface area contributed by atoms with Gasteiger partial charge in [-0.3, -0.25) is 0 Å². The molecular formula is C14H11ClF6N4. The molecule has 1 aromatic carbocycles. The Bertz CT molecular complexity index is 760. The van der Waals surface area contributed by atoms with Crippen molar-refractivity contribution in [2.45, 2.75) is 19.3 Å². The fourth-order valence-electron chi connectivity index (χ4n) is 1.86. The average Bonchev–Trinajstić information content (AvgIpc) is 2.47. The second kappa shape index (κ2) is 6.95. The number of alkyl halides is 6. The van der Waals surface area contributed by atoms with Crippen LogP contribution in [0, 0.1) is 0 Å². The quantitative estimate of drug-likeness (QED) is 0.698. The summed E-state index contributed by atoms with van der Waals surface area (Å²) in [6, 6.07) is 3.47. The van der Waals surface area contributed by atoms with E-state index in [9.17, 15) is 26.3 Å². The van der Waals surface area contributed by atoms with E-state index >= 15 is 0 Å². The van der Waals surface area contributed by atoms with Crippen LogP contribution in [0.4, 0.5) is 43.8 Å². The molecule has 0 aliphatic carbocycles. The van der Waals surface area contributed by atoms with Crippen molar-refractivity contribution in [1.29, 1.82) is 0 Å². The summed E-state index contributed by atoms with van der Waals surface area (Å²) < 4.78 is 77.2. The minimum Gasteiger partial charge on any atom is -0.354 e. The molecule has 4 nitrogen and oxygen atoms in total. The lowest BCUT2D eigenvalue weighted by molar-refractivity contribution is -0.141. The lowest BCUT2D eigenvalue weighted by Crippen LogP contribution is -2.13. The van der Waals surface area contributed by atoms with Crippen LogP contribution in [0.25, 0.3) is 0 Å². The third-order valence-electron chi connectivity index (χ3n) is 2.90. The molecule has 0 saturated heterocycles. The highest BCUT2D eigenvalue weighted by Gasteiger charge is 2.35. The van der Waals surface area contributed by atoms with Gasteiger partial charge in [-0.2, -0.15) is 31.3 Å². The van der Waals surface area contributed by atoms with Crippen molar-refractivity contribution >= 4 is 29.1 Å². The van der Waals surface area contributed by atoms with Crippen molar-refractivity contribution in [2.24, 2.45) is 0 Å². The number of rotatable bonds is 4. The van der Waals surface area contributed by atoms with Crippen molar-refractivity contribution in [1.82, 2.24) is 9.97 Å². The van der Waals surface area contributed by atoms with Crippen molar-refractivity contribution in [2.75, 3.05) is 17.2 Å². The van der Waals surface area contributed by atoms with E-state index in [0.717, 1.165) is 6.07 Å². The van der Waals surface area contributed by atoms with Crippen LogP contribution in [-0.4, -0.2) is 16.5 Å². The van der Waals surface area contributed by atoms with Crippen LogP contribution < -0.4 is 10.6 Å². The number of hydrogen-bond acceptors (Lipinski definition) is 4. The molecule has 0 radical (unpaired) electrons. The van der Waals surface area contributed by atoms with Crippen molar-refractivity contribution in [3.8, 4) is 0 Å². The van der Waals surface area contributed by atoms with E-state index in [2.05, 4.69) is 20.6 Å². The number of aromatic nitrogens is 2. The average molecular weight is 385 g/mol. The second-order valence-corrected chi connectivity index (χ2v) is 5.21. The van der Waals surface area contributed by atoms with Crippen molar-refractivity contribution in [3.63, 3.8) is 0 Å². The highest BCUT2D eigenvalue weighted by Crippen LogP contribution is 2.37. The van der Waals surface area contributed by atoms with Gasteiger partial charge < -0.3 is 10.6 Å². The van der Waals surface area contributed by atoms with E-state index in [4.69, 9.17) is 11.6 Å². The number of benzene rings is 1. The summed E-state index contributed by atoms with van der Waals surface area (Å²) in [6.07, 6.45) is -9.44. The SMILES string of the molecule is CCNc1nc(Nc2ccc(Cl)c(C(F)(F)F)c2)cc(C(F)(F)F)n1. The second-order valence-electron chi connectivity index (χ2n) is 4.81. The summed E-state index contributed by atoms with van der Waals surface area (Å²) in [6.45, 7) is 1.89. The van der Waals surface area contributed by atoms with Gasteiger partial charge in [-0.1, -0.05) is 11.6 Å². The van der Waals surface area contributed by atoms with E-state index in [1.807, 2.05) is 0 Å². The smallest absolute Gasteiger partial charge is 0.354 e. The van der Waals surface area contributed by atoms with Gasteiger partial charge in [0.05, 0.1) is 10.6 Å². The van der Waals surface area contributed by atoms with Gasteiger partial charge in [0.2, 0.25) is 5.95 Å². The molecule has 2 aromatic rings. The van der Waals surface area contributed by atoms with Gasteiger partial charge in [0.15, 0.2) is 5.69 Å². The third-order valence-corrected chi connectivity index (χ3v) is 3.23. The molecule has 0 spiro atoms. The molecule has 0 bridgehead atoms. The Morgan fingerprint density at radius 3 is 2.24 bits per heavy atom. The van der Waals surface area contributed by atoms with Gasteiger partial charge in [-0.15, -0.1) is 0 Å². The summed E-state index contributed by atoms with van der Waals surface area (Å²) in [7, 11) is 0. The van der Waals surface area contributed by atoms with E-state index in [1.165, 1.54) is 6.07 Å². The Kier molecular flexibility index (Phi) is 5.31. The normalized spacial score (nSPS) is 12.2. The van der Waals surface area contributed by atoms with Crippen molar-refractivity contribution in [3.05, 3.63) is 40.5 Å². The van der Waals surface area contributed by atoms with Gasteiger partial charge in [-0.25, -0.2) is 4.98 Å². The predicted molar refractivity (Wildman–Crippen MR) is 80.9 cm³/mol. The Morgan fingerprint density at radius 2 is 1.68 bits per heavy atom. The lowest BCUT2D eigenvalue weighted by Gasteiger charge is -2.14. The molecular weight excluding hydrogens is 374 g/mol. The number of nitrogens with zero attached hydrogens (tertiary/aromatic N) is 2. The van der Waals surface area contributed by atoms with Crippen LogP contribution in [0.15, 0.2) is 24.3 Å². The van der Waals surface area contributed by atoms with E-state index < -0.39 is 28.6 Å². The molecule has 0 unspecified atom stereocenters.